The molecule has 36 heavy (non-hydrogen) atoms. The Morgan fingerprint density at radius 2 is 1.67 bits per heavy atom. The number of morpholine rings is 1. The van der Waals surface area contributed by atoms with Crippen molar-refractivity contribution < 1.29 is 27.5 Å². The summed E-state index contributed by atoms with van der Waals surface area (Å²) in [5, 5.41) is 2.84. The third kappa shape index (κ3) is 5.24. The van der Waals surface area contributed by atoms with Crippen LogP contribution in [0, 0.1) is 0 Å². The molecule has 0 aliphatic carbocycles. The molecular formula is C25H30N4O6S. The van der Waals surface area contributed by atoms with Gasteiger partial charge in [0, 0.05) is 50.5 Å². The molecule has 192 valence electrons. The molecule has 2 fully saturated rings. The summed E-state index contributed by atoms with van der Waals surface area (Å²) in [5.74, 6) is 0.0862. The molecular weight excluding hydrogens is 484 g/mol. The van der Waals surface area contributed by atoms with Gasteiger partial charge in [-0.3, -0.25) is 14.5 Å². The Kier molecular flexibility index (Phi) is 7.24. The van der Waals surface area contributed by atoms with Gasteiger partial charge in [-0.15, -0.1) is 0 Å². The average Bonchev–Trinajstić information content (AvgIpc) is 3.45. The van der Waals surface area contributed by atoms with Crippen LogP contribution in [-0.4, -0.2) is 88.5 Å². The molecule has 0 unspecified atom stereocenters. The molecule has 5 rings (SSSR count). The van der Waals surface area contributed by atoms with Crippen LogP contribution >= 0.6 is 0 Å². The lowest BCUT2D eigenvalue weighted by Crippen LogP contribution is -2.45. The summed E-state index contributed by atoms with van der Waals surface area (Å²) in [6.07, 6.45) is 1.73. The molecule has 0 bridgehead atoms. The third-order valence-electron chi connectivity index (χ3n) is 6.72. The molecule has 2 amide bonds. The van der Waals surface area contributed by atoms with E-state index in [0.29, 0.717) is 55.5 Å². The van der Waals surface area contributed by atoms with Crippen LogP contribution in [0.2, 0.25) is 0 Å². The molecule has 0 atom stereocenters. The Bertz CT molecular complexity index is 1220. The fraction of sp³-hybridized carbons (Fsp3) is 0.440. The van der Waals surface area contributed by atoms with E-state index in [-0.39, 0.29) is 23.3 Å². The average molecular weight is 515 g/mol. The summed E-state index contributed by atoms with van der Waals surface area (Å²) in [5.41, 5.74) is 1.47. The molecule has 2 saturated heterocycles. The summed E-state index contributed by atoms with van der Waals surface area (Å²) in [7, 11) is -3.54. The minimum Gasteiger partial charge on any atom is -0.482 e. The Morgan fingerprint density at radius 3 is 2.39 bits per heavy atom. The van der Waals surface area contributed by atoms with E-state index in [1.165, 1.54) is 28.6 Å². The van der Waals surface area contributed by atoms with Gasteiger partial charge in [0.25, 0.3) is 11.8 Å². The van der Waals surface area contributed by atoms with Gasteiger partial charge < -0.3 is 19.7 Å². The molecule has 11 heteroatoms. The van der Waals surface area contributed by atoms with Crippen LogP contribution in [0.15, 0.2) is 47.4 Å². The Hall–Kier alpha value is -2.99. The van der Waals surface area contributed by atoms with E-state index in [0.717, 1.165) is 32.5 Å². The Labute approximate surface area is 210 Å². The van der Waals surface area contributed by atoms with E-state index in [1.54, 1.807) is 23.1 Å². The number of hydrogen-bond acceptors (Lipinski definition) is 7. The SMILES string of the molecule is O=C(Nc1ccc2c(c1)N(CCN1CCOCC1)C(=O)CO2)c1ccc(S(=O)(=O)N2CCCC2)cc1. The van der Waals surface area contributed by atoms with Gasteiger partial charge in [-0.1, -0.05) is 0 Å². The molecule has 3 aliphatic rings. The number of nitrogens with zero attached hydrogens (tertiary/aromatic N) is 3. The molecule has 10 nitrogen and oxygen atoms in total. The van der Waals surface area contributed by atoms with Crippen LogP contribution in [0.25, 0.3) is 0 Å². The van der Waals surface area contributed by atoms with E-state index in [1.807, 2.05) is 0 Å². The predicted molar refractivity (Wildman–Crippen MR) is 134 cm³/mol. The molecule has 2 aromatic rings. The van der Waals surface area contributed by atoms with E-state index >= 15 is 0 Å². The number of rotatable bonds is 7. The zero-order chi connectivity index (χ0) is 25.1. The van der Waals surface area contributed by atoms with Crippen LogP contribution < -0.4 is 15.0 Å². The highest BCUT2D eigenvalue weighted by atomic mass is 32.2. The van der Waals surface area contributed by atoms with Crippen molar-refractivity contribution in [3.8, 4) is 5.75 Å². The molecule has 0 radical (unpaired) electrons. The van der Waals surface area contributed by atoms with E-state index in [4.69, 9.17) is 9.47 Å². The summed E-state index contributed by atoms with van der Waals surface area (Å²) in [6.45, 7) is 5.31. The van der Waals surface area contributed by atoms with Gasteiger partial charge in [-0.05, 0) is 55.3 Å². The zero-order valence-electron chi connectivity index (χ0n) is 20.0. The number of carbonyl (C=O) groups excluding carboxylic acids is 2. The molecule has 0 aromatic heterocycles. The van der Waals surface area contributed by atoms with Crippen molar-refractivity contribution in [3.63, 3.8) is 0 Å². The molecule has 0 saturated carbocycles. The van der Waals surface area contributed by atoms with Gasteiger partial charge in [0.05, 0.1) is 23.8 Å². The number of fused-ring (bicyclic) bond motifs is 1. The van der Waals surface area contributed by atoms with Gasteiger partial charge >= 0.3 is 0 Å². The van der Waals surface area contributed by atoms with Crippen LogP contribution in [0.1, 0.15) is 23.2 Å². The standard InChI is InChI=1S/C25H30N4O6S/c30-24-18-35-23-8-5-20(17-22(23)29(24)12-11-27-13-15-34-16-14-27)26-25(31)19-3-6-21(7-4-19)36(32,33)28-9-1-2-10-28/h3-8,17H,1-2,9-16,18H2,(H,26,31). The number of carbonyl (C=O) groups is 2. The quantitative estimate of drug-likeness (QED) is 0.600. The first-order chi connectivity index (χ1) is 17.4. The maximum atomic E-state index is 12.9. The van der Waals surface area contributed by atoms with Crippen molar-refractivity contribution in [1.82, 2.24) is 9.21 Å². The van der Waals surface area contributed by atoms with Crippen molar-refractivity contribution in [2.45, 2.75) is 17.7 Å². The number of nitrogens with one attached hydrogen (secondary N) is 1. The second-order valence-electron chi connectivity index (χ2n) is 9.06. The number of hydrogen-bond donors (Lipinski definition) is 1. The largest absolute Gasteiger partial charge is 0.482 e. The van der Waals surface area contributed by atoms with Crippen LogP contribution in [0.5, 0.6) is 5.75 Å². The predicted octanol–water partition coefficient (Wildman–Crippen LogP) is 1.78. The van der Waals surface area contributed by atoms with Crippen molar-refractivity contribution in [2.75, 3.05) is 69.3 Å². The Balaban J connectivity index is 1.27. The highest BCUT2D eigenvalue weighted by Gasteiger charge is 2.28. The number of anilines is 2. The Morgan fingerprint density at radius 1 is 0.944 bits per heavy atom. The maximum absolute atomic E-state index is 12.9. The minimum atomic E-state index is -3.54. The van der Waals surface area contributed by atoms with E-state index in [2.05, 4.69) is 10.2 Å². The monoisotopic (exact) mass is 514 g/mol. The van der Waals surface area contributed by atoms with E-state index < -0.39 is 10.0 Å². The molecule has 3 aliphatic heterocycles. The molecule has 3 heterocycles. The van der Waals surface area contributed by atoms with E-state index in [9.17, 15) is 18.0 Å². The second-order valence-corrected chi connectivity index (χ2v) is 11.0. The number of amides is 2. The molecule has 0 spiro atoms. The van der Waals surface area contributed by atoms with Crippen molar-refractivity contribution in [1.29, 1.82) is 0 Å². The van der Waals surface area contributed by atoms with Crippen molar-refractivity contribution >= 4 is 33.2 Å². The smallest absolute Gasteiger partial charge is 0.265 e. The minimum absolute atomic E-state index is 0.0193. The zero-order valence-corrected chi connectivity index (χ0v) is 20.8. The summed E-state index contributed by atoms with van der Waals surface area (Å²) >= 11 is 0. The van der Waals surface area contributed by atoms with Crippen LogP contribution in [-0.2, 0) is 19.6 Å². The lowest BCUT2D eigenvalue weighted by molar-refractivity contribution is -0.121. The van der Waals surface area contributed by atoms with Crippen molar-refractivity contribution in [2.24, 2.45) is 0 Å². The van der Waals surface area contributed by atoms with Gasteiger partial charge in [0.2, 0.25) is 10.0 Å². The molecule has 2 aromatic carbocycles. The van der Waals surface area contributed by atoms with Crippen LogP contribution in [0.3, 0.4) is 0 Å². The topological polar surface area (TPSA) is 108 Å². The summed E-state index contributed by atoms with van der Waals surface area (Å²) in [6, 6.07) is 11.2. The van der Waals surface area contributed by atoms with Gasteiger partial charge in [0.15, 0.2) is 6.61 Å². The first kappa shape index (κ1) is 24.7. The summed E-state index contributed by atoms with van der Waals surface area (Å²) < 4.78 is 37.9. The fourth-order valence-corrected chi connectivity index (χ4v) is 6.17. The number of sulfonamides is 1. The first-order valence-corrected chi connectivity index (χ1v) is 13.6. The van der Waals surface area contributed by atoms with Crippen molar-refractivity contribution in [3.05, 3.63) is 48.0 Å². The fourth-order valence-electron chi connectivity index (χ4n) is 4.65. The highest BCUT2D eigenvalue weighted by molar-refractivity contribution is 7.89. The first-order valence-electron chi connectivity index (χ1n) is 12.2. The third-order valence-corrected chi connectivity index (χ3v) is 8.64. The second kappa shape index (κ2) is 10.6. The van der Waals surface area contributed by atoms with Gasteiger partial charge in [-0.25, -0.2) is 8.42 Å². The number of ether oxygens (including phenoxy) is 2. The van der Waals surface area contributed by atoms with Crippen LogP contribution in [0.4, 0.5) is 11.4 Å². The van der Waals surface area contributed by atoms with Gasteiger partial charge in [0.1, 0.15) is 5.75 Å². The lowest BCUT2D eigenvalue weighted by Gasteiger charge is -2.33. The molecule has 1 N–H and O–H groups in total. The lowest BCUT2D eigenvalue weighted by atomic mass is 10.1. The summed E-state index contributed by atoms with van der Waals surface area (Å²) in [4.78, 5) is 29.6. The number of benzene rings is 2. The maximum Gasteiger partial charge on any atom is 0.265 e. The normalized spacial score (nSPS) is 19.1. The van der Waals surface area contributed by atoms with Gasteiger partial charge in [-0.2, -0.15) is 4.31 Å². The highest BCUT2D eigenvalue weighted by Crippen LogP contribution is 2.34.